The van der Waals surface area contributed by atoms with E-state index in [2.05, 4.69) is 14.9 Å². The fourth-order valence-corrected chi connectivity index (χ4v) is 5.20. The fraction of sp³-hybridized carbons (Fsp3) is 0.480. The summed E-state index contributed by atoms with van der Waals surface area (Å²) >= 11 is 0. The molecule has 1 fully saturated rings. The molecule has 2 atom stereocenters. The van der Waals surface area contributed by atoms with Crippen LogP contribution in [-0.2, 0) is 21.2 Å². The van der Waals surface area contributed by atoms with Crippen molar-refractivity contribution in [1.29, 1.82) is 0 Å². The number of carbonyl (C=O) groups is 1. The number of hydrogen-bond acceptors (Lipinski definition) is 5. The Labute approximate surface area is 197 Å². The molecule has 33 heavy (non-hydrogen) atoms. The minimum Gasteiger partial charge on any atom is -0.497 e. The van der Waals surface area contributed by atoms with Crippen molar-refractivity contribution in [1.82, 2.24) is 14.9 Å². The van der Waals surface area contributed by atoms with Crippen molar-refractivity contribution < 1.29 is 17.9 Å². The van der Waals surface area contributed by atoms with Crippen molar-refractivity contribution in [2.24, 2.45) is 5.92 Å². The van der Waals surface area contributed by atoms with Gasteiger partial charge in [0, 0.05) is 19.6 Å². The lowest BCUT2D eigenvalue weighted by Gasteiger charge is -2.36. The Kier molecular flexibility index (Phi) is 8.88. The monoisotopic (exact) mass is 473 g/mol. The average Bonchev–Trinajstić information content (AvgIpc) is 2.83. The molecular weight excluding hydrogens is 438 g/mol. The van der Waals surface area contributed by atoms with Gasteiger partial charge in [0.1, 0.15) is 5.75 Å². The molecule has 1 amide bonds. The molecule has 0 aromatic heterocycles. The van der Waals surface area contributed by atoms with Crippen LogP contribution in [0, 0.1) is 12.8 Å². The van der Waals surface area contributed by atoms with E-state index in [4.69, 9.17) is 4.74 Å². The van der Waals surface area contributed by atoms with Crippen LogP contribution in [0.3, 0.4) is 0 Å². The first-order valence-electron chi connectivity index (χ1n) is 11.5. The van der Waals surface area contributed by atoms with Crippen molar-refractivity contribution in [3.8, 4) is 5.75 Å². The van der Waals surface area contributed by atoms with Crippen LogP contribution in [0.25, 0.3) is 0 Å². The summed E-state index contributed by atoms with van der Waals surface area (Å²) in [5, 5.41) is 3.03. The van der Waals surface area contributed by atoms with Gasteiger partial charge in [-0.05, 0) is 75.4 Å². The summed E-state index contributed by atoms with van der Waals surface area (Å²) in [5.74, 6) is 0.995. The third-order valence-corrected chi connectivity index (χ3v) is 7.68. The minimum absolute atomic E-state index is 0.00407. The topological polar surface area (TPSA) is 87.7 Å². The van der Waals surface area contributed by atoms with Gasteiger partial charge in [-0.25, -0.2) is 13.1 Å². The van der Waals surface area contributed by atoms with E-state index in [1.807, 2.05) is 38.1 Å². The van der Waals surface area contributed by atoms with Gasteiger partial charge in [0.2, 0.25) is 15.9 Å². The molecule has 2 aromatic carbocycles. The zero-order chi connectivity index (χ0) is 23.8. The Bertz CT molecular complexity index is 1010. The third-order valence-electron chi connectivity index (χ3n) is 6.24. The summed E-state index contributed by atoms with van der Waals surface area (Å²) in [4.78, 5) is 15.1. The Balaban J connectivity index is 1.45. The maximum atomic E-state index is 12.7. The summed E-state index contributed by atoms with van der Waals surface area (Å²) in [6.07, 6.45) is 2.64. The van der Waals surface area contributed by atoms with Crippen LogP contribution >= 0.6 is 0 Å². The maximum absolute atomic E-state index is 12.7. The summed E-state index contributed by atoms with van der Waals surface area (Å²) in [5.41, 5.74) is 2.16. The van der Waals surface area contributed by atoms with Crippen LogP contribution in [0.15, 0.2) is 53.4 Å². The molecule has 2 N–H and O–H groups in total. The van der Waals surface area contributed by atoms with E-state index in [1.165, 1.54) is 0 Å². The van der Waals surface area contributed by atoms with Gasteiger partial charge < -0.3 is 10.1 Å². The van der Waals surface area contributed by atoms with Crippen LogP contribution < -0.4 is 14.8 Å². The molecule has 1 aliphatic rings. The second-order valence-corrected chi connectivity index (χ2v) is 10.5. The molecular formula is C25H35N3O4S. The molecule has 7 nitrogen and oxygen atoms in total. The van der Waals surface area contributed by atoms with E-state index in [0.717, 1.165) is 42.7 Å². The largest absolute Gasteiger partial charge is 0.497 e. The van der Waals surface area contributed by atoms with Crippen LogP contribution in [0.5, 0.6) is 5.75 Å². The average molecular weight is 474 g/mol. The molecule has 0 aliphatic carbocycles. The summed E-state index contributed by atoms with van der Waals surface area (Å²) in [7, 11) is -1.89. The number of ether oxygens (including phenoxy) is 1. The lowest BCUT2D eigenvalue weighted by atomic mass is 9.97. The van der Waals surface area contributed by atoms with Crippen molar-refractivity contribution >= 4 is 15.9 Å². The molecule has 0 spiro atoms. The normalized spacial score (nSPS) is 18.0. The second kappa shape index (κ2) is 11.6. The molecule has 1 heterocycles. The summed E-state index contributed by atoms with van der Waals surface area (Å²) < 4.78 is 33.1. The molecule has 0 bridgehead atoms. The number of methoxy groups -OCH3 is 1. The van der Waals surface area contributed by atoms with Gasteiger partial charge in [0.05, 0.1) is 18.0 Å². The number of rotatable bonds is 10. The number of hydrogen-bond donors (Lipinski definition) is 2. The zero-order valence-electron chi connectivity index (χ0n) is 19.7. The Morgan fingerprint density at radius 2 is 1.85 bits per heavy atom. The van der Waals surface area contributed by atoms with Crippen LogP contribution in [0.2, 0.25) is 0 Å². The highest BCUT2D eigenvalue weighted by molar-refractivity contribution is 7.89. The van der Waals surface area contributed by atoms with Crippen LogP contribution in [0.4, 0.5) is 0 Å². The van der Waals surface area contributed by atoms with Crippen LogP contribution in [0.1, 0.15) is 30.9 Å². The van der Waals surface area contributed by atoms with Crippen molar-refractivity contribution in [2.45, 2.75) is 44.0 Å². The number of carbonyl (C=O) groups excluding carboxylic acids is 1. The molecule has 2 aromatic rings. The number of piperidine rings is 1. The first-order chi connectivity index (χ1) is 15.8. The lowest BCUT2D eigenvalue weighted by molar-refractivity contribution is -0.126. The van der Waals surface area contributed by atoms with Crippen molar-refractivity contribution in [2.75, 3.05) is 33.3 Å². The maximum Gasteiger partial charge on any atom is 0.240 e. The van der Waals surface area contributed by atoms with Gasteiger partial charge in [-0.3, -0.25) is 9.69 Å². The van der Waals surface area contributed by atoms with Gasteiger partial charge in [-0.15, -0.1) is 0 Å². The number of sulfonamides is 1. The van der Waals surface area contributed by atoms with Gasteiger partial charge in [-0.1, -0.05) is 29.8 Å². The molecule has 0 saturated carbocycles. The molecule has 3 rings (SSSR count). The predicted octanol–water partition coefficient (Wildman–Crippen LogP) is 2.74. The molecule has 8 heteroatoms. The minimum atomic E-state index is -3.53. The summed E-state index contributed by atoms with van der Waals surface area (Å²) in [6.45, 7) is 6.33. The van der Waals surface area contributed by atoms with E-state index in [-0.39, 0.29) is 22.8 Å². The lowest BCUT2D eigenvalue weighted by Crippen LogP contribution is -2.50. The van der Waals surface area contributed by atoms with Gasteiger partial charge in [0.25, 0.3) is 0 Å². The van der Waals surface area contributed by atoms with E-state index >= 15 is 0 Å². The smallest absolute Gasteiger partial charge is 0.240 e. The van der Waals surface area contributed by atoms with Gasteiger partial charge in [0.15, 0.2) is 0 Å². The van der Waals surface area contributed by atoms with E-state index in [0.29, 0.717) is 19.6 Å². The van der Waals surface area contributed by atoms with E-state index < -0.39 is 10.0 Å². The Morgan fingerprint density at radius 1 is 1.15 bits per heavy atom. The molecule has 0 radical (unpaired) electrons. The van der Waals surface area contributed by atoms with Gasteiger partial charge >= 0.3 is 0 Å². The molecule has 1 aliphatic heterocycles. The third kappa shape index (κ3) is 7.28. The summed E-state index contributed by atoms with van der Waals surface area (Å²) in [6, 6.07) is 14.4. The van der Waals surface area contributed by atoms with Crippen molar-refractivity contribution in [3.63, 3.8) is 0 Å². The number of nitrogens with one attached hydrogen (secondary N) is 2. The first kappa shape index (κ1) is 25.2. The quantitative estimate of drug-likeness (QED) is 0.554. The van der Waals surface area contributed by atoms with Gasteiger partial charge in [-0.2, -0.15) is 0 Å². The second-order valence-electron chi connectivity index (χ2n) is 8.73. The number of benzene rings is 2. The zero-order valence-corrected chi connectivity index (χ0v) is 20.5. The Morgan fingerprint density at radius 3 is 2.52 bits per heavy atom. The highest BCUT2D eigenvalue weighted by Gasteiger charge is 2.28. The first-order valence-corrected chi connectivity index (χ1v) is 13.0. The number of nitrogens with zero attached hydrogens (tertiary/aromatic N) is 1. The number of amides is 1. The SMILES string of the molecule is COc1ccc(CCNC(=O)C(C)N2CCCC(CNS(=O)(=O)c3ccc(C)cc3)C2)cc1. The standard InChI is InChI=1S/C25H35N3O4S/c1-19-6-12-24(13-7-19)33(30,31)27-17-22-5-4-16-28(18-22)20(2)25(29)26-15-14-21-8-10-23(32-3)11-9-21/h6-13,20,22,27H,4-5,14-18H2,1-3H3,(H,26,29). The van der Waals surface area contributed by atoms with E-state index in [1.54, 1.807) is 31.4 Å². The highest BCUT2D eigenvalue weighted by atomic mass is 32.2. The fourth-order valence-electron chi connectivity index (χ4n) is 4.08. The van der Waals surface area contributed by atoms with E-state index in [9.17, 15) is 13.2 Å². The molecule has 180 valence electrons. The molecule has 2 unspecified atom stereocenters. The predicted molar refractivity (Wildman–Crippen MR) is 130 cm³/mol. The highest BCUT2D eigenvalue weighted by Crippen LogP contribution is 2.19. The van der Waals surface area contributed by atoms with Crippen LogP contribution in [-0.4, -0.2) is 58.6 Å². The Hall–Kier alpha value is -2.42. The number of likely N-dealkylation sites (tertiary alicyclic amines) is 1. The number of aryl methyl sites for hydroxylation is 1. The van der Waals surface area contributed by atoms with Crippen molar-refractivity contribution in [3.05, 3.63) is 59.7 Å². The molecule has 1 saturated heterocycles.